The van der Waals surface area contributed by atoms with E-state index < -0.39 is 0 Å². The van der Waals surface area contributed by atoms with Gasteiger partial charge in [-0.3, -0.25) is 4.79 Å². The van der Waals surface area contributed by atoms with E-state index in [0.717, 1.165) is 63.2 Å². The highest BCUT2D eigenvalue weighted by Gasteiger charge is 2.29. The number of aryl methyl sites for hydroxylation is 1. The number of hydrogen-bond donors (Lipinski definition) is 1. The minimum atomic E-state index is 0.0441. The standard InChI is InChI=1S/C22H31N7O/c1-2-17-14-29(13-12-27-8-3-9-27)21(25-17)16-6-10-28(11-7-16)22-18-4-5-19(30)26-20(18)23-15-24-22/h14-16H,2-13H2,1H3,(H,23,24,26,30). The lowest BCUT2D eigenvalue weighted by Crippen LogP contribution is -2.39. The molecule has 8 nitrogen and oxygen atoms in total. The van der Waals surface area contributed by atoms with Gasteiger partial charge in [-0.2, -0.15) is 0 Å². The number of nitrogens with one attached hydrogen (secondary N) is 1. The molecule has 5 rings (SSSR count). The molecule has 2 saturated heterocycles. The maximum absolute atomic E-state index is 11.7. The van der Waals surface area contributed by atoms with E-state index in [-0.39, 0.29) is 5.91 Å². The largest absolute Gasteiger partial charge is 0.356 e. The third-order valence-corrected chi connectivity index (χ3v) is 6.77. The van der Waals surface area contributed by atoms with E-state index in [1.54, 1.807) is 6.33 Å². The highest BCUT2D eigenvalue weighted by molar-refractivity contribution is 5.93. The van der Waals surface area contributed by atoms with Gasteiger partial charge < -0.3 is 19.7 Å². The van der Waals surface area contributed by atoms with Crippen molar-refractivity contribution >= 4 is 17.5 Å². The molecule has 0 atom stereocenters. The van der Waals surface area contributed by atoms with Crippen LogP contribution in [0, 0.1) is 0 Å². The number of hydrogen-bond acceptors (Lipinski definition) is 6. The average Bonchev–Trinajstić information content (AvgIpc) is 3.15. The molecule has 1 amide bonds. The molecular formula is C22H31N7O. The lowest BCUT2D eigenvalue weighted by molar-refractivity contribution is -0.116. The molecule has 5 heterocycles. The second-order valence-electron chi connectivity index (χ2n) is 8.67. The Bertz CT molecular complexity index is 912. The number of rotatable bonds is 6. The Balaban J connectivity index is 1.28. The zero-order valence-corrected chi connectivity index (χ0v) is 17.8. The van der Waals surface area contributed by atoms with E-state index >= 15 is 0 Å². The van der Waals surface area contributed by atoms with Gasteiger partial charge in [0.05, 0.1) is 5.69 Å². The number of aromatic nitrogens is 4. The first kappa shape index (κ1) is 19.5. The summed E-state index contributed by atoms with van der Waals surface area (Å²) in [6, 6.07) is 0. The molecule has 30 heavy (non-hydrogen) atoms. The second kappa shape index (κ2) is 8.34. The summed E-state index contributed by atoms with van der Waals surface area (Å²) in [6.07, 6.45) is 9.56. The van der Waals surface area contributed by atoms with Gasteiger partial charge in [-0.1, -0.05) is 6.92 Å². The van der Waals surface area contributed by atoms with Crippen LogP contribution < -0.4 is 10.2 Å². The predicted molar refractivity (Wildman–Crippen MR) is 116 cm³/mol. The summed E-state index contributed by atoms with van der Waals surface area (Å²) < 4.78 is 2.42. The monoisotopic (exact) mass is 409 g/mol. The SMILES string of the molecule is CCc1cn(CCN2CCC2)c(C2CCN(c3ncnc4c3CCC(=O)N4)CC2)n1. The van der Waals surface area contributed by atoms with Gasteiger partial charge in [0.1, 0.15) is 23.8 Å². The predicted octanol–water partition coefficient (Wildman–Crippen LogP) is 2.21. The lowest BCUT2D eigenvalue weighted by atomic mass is 9.95. The third kappa shape index (κ3) is 3.80. The molecule has 2 aromatic rings. The summed E-state index contributed by atoms with van der Waals surface area (Å²) in [6.45, 7) is 8.77. The van der Waals surface area contributed by atoms with Crippen molar-refractivity contribution in [2.75, 3.05) is 42.9 Å². The molecule has 3 aliphatic rings. The maximum Gasteiger partial charge on any atom is 0.225 e. The van der Waals surface area contributed by atoms with Crippen LogP contribution in [0.2, 0.25) is 0 Å². The van der Waals surface area contributed by atoms with E-state index in [1.165, 1.54) is 31.0 Å². The number of amides is 1. The first-order valence-electron chi connectivity index (χ1n) is 11.4. The molecular weight excluding hydrogens is 378 g/mol. The molecule has 160 valence electrons. The van der Waals surface area contributed by atoms with Gasteiger partial charge in [0.15, 0.2) is 0 Å². The zero-order valence-electron chi connectivity index (χ0n) is 17.8. The van der Waals surface area contributed by atoms with Gasteiger partial charge in [0.25, 0.3) is 0 Å². The second-order valence-corrected chi connectivity index (χ2v) is 8.67. The molecule has 0 aromatic carbocycles. The third-order valence-electron chi connectivity index (χ3n) is 6.77. The van der Waals surface area contributed by atoms with Crippen molar-refractivity contribution in [1.29, 1.82) is 0 Å². The Morgan fingerprint density at radius 3 is 2.67 bits per heavy atom. The summed E-state index contributed by atoms with van der Waals surface area (Å²) in [4.78, 5) is 30.4. The quantitative estimate of drug-likeness (QED) is 0.788. The smallest absolute Gasteiger partial charge is 0.225 e. The van der Waals surface area contributed by atoms with Gasteiger partial charge >= 0.3 is 0 Å². The van der Waals surface area contributed by atoms with Crippen molar-refractivity contribution in [3.05, 3.63) is 29.6 Å². The Morgan fingerprint density at radius 2 is 1.93 bits per heavy atom. The fourth-order valence-electron chi connectivity index (χ4n) is 4.81. The summed E-state index contributed by atoms with van der Waals surface area (Å²) in [5, 5.41) is 2.89. The molecule has 0 spiro atoms. The summed E-state index contributed by atoms with van der Waals surface area (Å²) in [5.74, 6) is 3.49. The molecule has 0 bridgehead atoms. The Labute approximate surface area is 177 Å². The molecule has 0 saturated carbocycles. The first-order chi connectivity index (χ1) is 14.7. The van der Waals surface area contributed by atoms with Crippen molar-refractivity contribution < 1.29 is 4.79 Å². The van der Waals surface area contributed by atoms with Crippen LogP contribution in [0.4, 0.5) is 11.6 Å². The van der Waals surface area contributed by atoms with Crippen LogP contribution in [0.1, 0.15) is 55.6 Å². The fourth-order valence-corrected chi connectivity index (χ4v) is 4.81. The molecule has 2 aromatic heterocycles. The number of carbonyl (C=O) groups is 1. The number of likely N-dealkylation sites (tertiary alicyclic amines) is 1. The Hall–Kier alpha value is -2.48. The summed E-state index contributed by atoms with van der Waals surface area (Å²) in [7, 11) is 0. The topological polar surface area (TPSA) is 79.2 Å². The van der Waals surface area contributed by atoms with Crippen molar-refractivity contribution in [1.82, 2.24) is 24.4 Å². The molecule has 8 heteroatoms. The number of nitrogens with zero attached hydrogens (tertiary/aromatic N) is 6. The number of anilines is 2. The molecule has 0 radical (unpaired) electrons. The minimum Gasteiger partial charge on any atom is -0.356 e. The molecule has 2 fully saturated rings. The molecule has 0 unspecified atom stereocenters. The van der Waals surface area contributed by atoms with Crippen molar-refractivity contribution in [3.8, 4) is 0 Å². The van der Waals surface area contributed by atoms with Gasteiger partial charge in [-0.25, -0.2) is 15.0 Å². The number of carbonyl (C=O) groups excluding carboxylic acids is 1. The van der Waals surface area contributed by atoms with Crippen molar-refractivity contribution in [2.45, 2.75) is 57.9 Å². The van der Waals surface area contributed by atoms with E-state index in [9.17, 15) is 4.79 Å². The molecule has 0 aliphatic carbocycles. The van der Waals surface area contributed by atoms with E-state index in [4.69, 9.17) is 4.98 Å². The summed E-state index contributed by atoms with van der Waals surface area (Å²) in [5.41, 5.74) is 2.29. The van der Waals surface area contributed by atoms with Crippen LogP contribution in [0.3, 0.4) is 0 Å². The maximum atomic E-state index is 11.7. The van der Waals surface area contributed by atoms with Gasteiger partial charge in [-0.05, 0) is 45.2 Å². The fraction of sp³-hybridized carbons (Fsp3) is 0.636. The number of piperidine rings is 1. The Kier molecular flexibility index (Phi) is 5.41. The highest BCUT2D eigenvalue weighted by Crippen LogP contribution is 2.34. The van der Waals surface area contributed by atoms with Gasteiger partial charge in [-0.15, -0.1) is 0 Å². The molecule has 1 N–H and O–H groups in total. The van der Waals surface area contributed by atoms with Crippen LogP contribution in [0.15, 0.2) is 12.5 Å². The van der Waals surface area contributed by atoms with Gasteiger partial charge in [0, 0.05) is 50.3 Å². The van der Waals surface area contributed by atoms with Crippen LogP contribution in [0.25, 0.3) is 0 Å². The normalized spacial score (nSPS) is 20.0. The Morgan fingerprint density at radius 1 is 1.10 bits per heavy atom. The average molecular weight is 410 g/mol. The first-order valence-corrected chi connectivity index (χ1v) is 11.4. The van der Waals surface area contributed by atoms with Crippen LogP contribution in [-0.4, -0.2) is 63.0 Å². The summed E-state index contributed by atoms with van der Waals surface area (Å²) >= 11 is 0. The van der Waals surface area contributed by atoms with Crippen LogP contribution in [0.5, 0.6) is 0 Å². The number of imidazole rings is 1. The van der Waals surface area contributed by atoms with Crippen LogP contribution >= 0.6 is 0 Å². The van der Waals surface area contributed by atoms with E-state index in [2.05, 4.69) is 42.8 Å². The van der Waals surface area contributed by atoms with E-state index in [1.807, 2.05) is 0 Å². The number of fused-ring (bicyclic) bond motifs is 1. The minimum absolute atomic E-state index is 0.0441. The highest BCUT2D eigenvalue weighted by atomic mass is 16.1. The lowest BCUT2D eigenvalue weighted by Gasteiger charge is -2.35. The van der Waals surface area contributed by atoms with Gasteiger partial charge in [0.2, 0.25) is 5.91 Å². The van der Waals surface area contributed by atoms with Crippen LogP contribution in [-0.2, 0) is 24.2 Å². The molecule has 3 aliphatic heterocycles. The van der Waals surface area contributed by atoms with Crippen molar-refractivity contribution in [2.24, 2.45) is 0 Å². The van der Waals surface area contributed by atoms with Crippen molar-refractivity contribution in [3.63, 3.8) is 0 Å². The van der Waals surface area contributed by atoms with E-state index in [0.29, 0.717) is 18.2 Å². The zero-order chi connectivity index (χ0) is 20.5.